The Hall–Kier alpha value is -2.74. The molecular formula is C19H16N2. The predicted molar refractivity (Wildman–Crippen MR) is 88.0 cm³/mol. The molecule has 102 valence electrons. The average molecular weight is 272 g/mol. The third-order valence-corrected chi connectivity index (χ3v) is 3.24. The minimum absolute atomic E-state index is 0.903. The van der Waals surface area contributed by atoms with E-state index in [1.165, 1.54) is 0 Å². The highest BCUT2D eigenvalue weighted by molar-refractivity contribution is 5.98. The Labute approximate surface area is 124 Å². The maximum absolute atomic E-state index is 4.71. The third-order valence-electron chi connectivity index (χ3n) is 3.24. The second-order valence-electron chi connectivity index (χ2n) is 4.81. The third kappa shape index (κ3) is 3.23. The monoisotopic (exact) mass is 272 g/mol. The first-order valence-corrected chi connectivity index (χ1v) is 6.96. The van der Waals surface area contributed by atoms with Gasteiger partial charge in [-0.3, -0.25) is 4.99 Å². The standard InChI is InChI=1S/C19H16N2/c1-15(20-17-11-6-3-7-12-17)18-13-8-14-19(21-18)16-9-4-2-5-10-16/h2-14H,1H3. The van der Waals surface area contributed by atoms with Crippen LogP contribution < -0.4 is 0 Å². The van der Waals surface area contributed by atoms with Crippen molar-refractivity contribution in [2.75, 3.05) is 0 Å². The van der Waals surface area contributed by atoms with Gasteiger partial charge in [0.2, 0.25) is 0 Å². The van der Waals surface area contributed by atoms with E-state index < -0.39 is 0 Å². The molecule has 2 heteroatoms. The van der Waals surface area contributed by atoms with Gasteiger partial charge >= 0.3 is 0 Å². The van der Waals surface area contributed by atoms with Crippen molar-refractivity contribution >= 4 is 11.4 Å². The molecule has 3 rings (SSSR count). The minimum atomic E-state index is 0.903. The molecule has 0 N–H and O–H groups in total. The predicted octanol–water partition coefficient (Wildman–Crippen LogP) is 4.89. The Morgan fingerprint density at radius 2 is 1.43 bits per heavy atom. The lowest BCUT2D eigenvalue weighted by atomic mass is 10.1. The Morgan fingerprint density at radius 3 is 2.14 bits per heavy atom. The van der Waals surface area contributed by atoms with Gasteiger partial charge in [-0.05, 0) is 31.2 Å². The Kier molecular flexibility index (Phi) is 3.88. The van der Waals surface area contributed by atoms with Crippen molar-refractivity contribution in [2.45, 2.75) is 6.92 Å². The number of para-hydroxylation sites is 1. The van der Waals surface area contributed by atoms with Gasteiger partial charge in [-0.25, -0.2) is 4.98 Å². The molecule has 0 aliphatic rings. The van der Waals surface area contributed by atoms with Crippen LogP contribution in [0.5, 0.6) is 0 Å². The Bertz CT molecular complexity index is 747. The number of aromatic nitrogens is 1. The molecule has 0 fully saturated rings. The number of aliphatic imine (C=N–C) groups is 1. The molecule has 1 aromatic heterocycles. The first-order chi connectivity index (χ1) is 10.3. The van der Waals surface area contributed by atoms with E-state index in [0.29, 0.717) is 0 Å². The maximum atomic E-state index is 4.71. The van der Waals surface area contributed by atoms with Gasteiger partial charge in [0.1, 0.15) is 0 Å². The van der Waals surface area contributed by atoms with Crippen LogP contribution in [-0.2, 0) is 0 Å². The first-order valence-electron chi connectivity index (χ1n) is 6.96. The van der Waals surface area contributed by atoms with Crippen LogP contribution in [0.15, 0.2) is 83.9 Å². The van der Waals surface area contributed by atoms with E-state index in [0.717, 1.165) is 28.4 Å². The van der Waals surface area contributed by atoms with Crippen molar-refractivity contribution < 1.29 is 0 Å². The van der Waals surface area contributed by atoms with Crippen LogP contribution >= 0.6 is 0 Å². The van der Waals surface area contributed by atoms with Crippen LogP contribution in [-0.4, -0.2) is 10.7 Å². The van der Waals surface area contributed by atoms with Gasteiger partial charge in [0.05, 0.1) is 22.8 Å². The summed E-state index contributed by atoms with van der Waals surface area (Å²) < 4.78 is 0. The number of pyridine rings is 1. The quantitative estimate of drug-likeness (QED) is 0.623. The lowest BCUT2D eigenvalue weighted by Crippen LogP contribution is -1.99. The van der Waals surface area contributed by atoms with Crippen molar-refractivity contribution in [3.05, 3.63) is 84.6 Å². The molecular weight excluding hydrogens is 256 g/mol. The average Bonchev–Trinajstić information content (AvgIpc) is 2.57. The lowest BCUT2D eigenvalue weighted by Gasteiger charge is -2.05. The van der Waals surface area contributed by atoms with Gasteiger partial charge in [0.15, 0.2) is 0 Å². The summed E-state index contributed by atoms with van der Waals surface area (Å²) in [5, 5.41) is 0. The smallest absolute Gasteiger partial charge is 0.0849 e. The number of hydrogen-bond donors (Lipinski definition) is 0. The zero-order valence-corrected chi connectivity index (χ0v) is 11.9. The van der Waals surface area contributed by atoms with Gasteiger partial charge in [0.25, 0.3) is 0 Å². The highest BCUT2D eigenvalue weighted by Crippen LogP contribution is 2.18. The van der Waals surface area contributed by atoms with E-state index in [2.05, 4.69) is 17.1 Å². The SMILES string of the molecule is CC(=Nc1ccccc1)c1cccc(-c2ccccc2)n1. The molecule has 0 bridgehead atoms. The number of benzene rings is 2. The van der Waals surface area contributed by atoms with Gasteiger partial charge in [-0.15, -0.1) is 0 Å². The second kappa shape index (κ2) is 6.14. The largest absolute Gasteiger partial charge is 0.252 e. The molecule has 0 aliphatic carbocycles. The fourth-order valence-electron chi connectivity index (χ4n) is 2.16. The molecule has 0 unspecified atom stereocenters. The van der Waals surface area contributed by atoms with Crippen LogP contribution in [0.4, 0.5) is 5.69 Å². The summed E-state index contributed by atoms with van der Waals surface area (Å²) >= 11 is 0. The van der Waals surface area contributed by atoms with Crippen molar-refractivity contribution in [1.82, 2.24) is 4.98 Å². The summed E-state index contributed by atoms with van der Waals surface area (Å²) in [5.41, 5.74) is 4.85. The summed E-state index contributed by atoms with van der Waals surface area (Å²) in [7, 11) is 0. The molecule has 2 nitrogen and oxygen atoms in total. The van der Waals surface area contributed by atoms with Crippen LogP contribution in [0.2, 0.25) is 0 Å². The van der Waals surface area contributed by atoms with Crippen LogP contribution in [0.3, 0.4) is 0 Å². The van der Waals surface area contributed by atoms with Crippen molar-refractivity contribution in [3.63, 3.8) is 0 Å². The summed E-state index contributed by atoms with van der Waals surface area (Å²) in [6.07, 6.45) is 0. The van der Waals surface area contributed by atoms with Crippen LogP contribution in [0, 0.1) is 0 Å². The normalized spacial score (nSPS) is 11.4. The fourth-order valence-corrected chi connectivity index (χ4v) is 2.16. The zero-order chi connectivity index (χ0) is 14.5. The molecule has 0 aliphatic heterocycles. The second-order valence-corrected chi connectivity index (χ2v) is 4.81. The molecule has 1 heterocycles. The molecule has 2 aromatic carbocycles. The summed E-state index contributed by atoms with van der Waals surface area (Å²) in [6.45, 7) is 1.99. The minimum Gasteiger partial charge on any atom is -0.252 e. The summed E-state index contributed by atoms with van der Waals surface area (Å²) in [5.74, 6) is 0. The summed E-state index contributed by atoms with van der Waals surface area (Å²) in [6, 6.07) is 26.2. The maximum Gasteiger partial charge on any atom is 0.0849 e. The van der Waals surface area contributed by atoms with Crippen molar-refractivity contribution in [2.24, 2.45) is 4.99 Å². The van der Waals surface area contributed by atoms with Gasteiger partial charge in [-0.2, -0.15) is 0 Å². The Balaban J connectivity index is 1.95. The molecule has 0 radical (unpaired) electrons. The van der Waals surface area contributed by atoms with E-state index in [1.807, 2.05) is 73.7 Å². The molecule has 0 amide bonds. The molecule has 0 saturated heterocycles. The van der Waals surface area contributed by atoms with E-state index in [-0.39, 0.29) is 0 Å². The van der Waals surface area contributed by atoms with Gasteiger partial charge < -0.3 is 0 Å². The highest BCUT2D eigenvalue weighted by Gasteiger charge is 2.03. The van der Waals surface area contributed by atoms with Crippen molar-refractivity contribution in [1.29, 1.82) is 0 Å². The van der Waals surface area contributed by atoms with Crippen LogP contribution in [0.1, 0.15) is 12.6 Å². The van der Waals surface area contributed by atoms with E-state index in [1.54, 1.807) is 0 Å². The first kappa shape index (κ1) is 13.3. The molecule has 3 aromatic rings. The van der Waals surface area contributed by atoms with E-state index in [9.17, 15) is 0 Å². The highest BCUT2D eigenvalue weighted by atomic mass is 14.8. The van der Waals surface area contributed by atoms with Crippen molar-refractivity contribution in [3.8, 4) is 11.3 Å². The number of hydrogen-bond acceptors (Lipinski definition) is 2. The molecule has 0 atom stereocenters. The fraction of sp³-hybridized carbons (Fsp3) is 0.0526. The molecule has 0 spiro atoms. The van der Waals surface area contributed by atoms with Gasteiger partial charge in [-0.1, -0.05) is 54.6 Å². The Morgan fingerprint density at radius 1 is 0.762 bits per heavy atom. The summed E-state index contributed by atoms with van der Waals surface area (Å²) in [4.78, 5) is 9.33. The van der Waals surface area contributed by atoms with E-state index in [4.69, 9.17) is 4.98 Å². The lowest BCUT2D eigenvalue weighted by molar-refractivity contribution is 1.28. The van der Waals surface area contributed by atoms with Crippen LogP contribution in [0.25, 0.3) is 11.3 Å². The number of rotatable bonds is 3. The number of nitrogens with zero attached hydrogens (tertiary/aromatic N) is 2. The topological polar surface area (TPSA) is 25.2 Å². The zero-order valence-electron chi connectivity index (χ0n) is 11.9. The molecule has 21 heavy (non-hydrogen) atoms. The molecule has 0 saturated carbocycles. The van der Waals surface area contributed by atoms with Gasteiger partial charge in [0, 0.05) is 5.56 Å². The van der Waals surface area contributed by atoms with E-state index >= 15 is 0 Å².